The van der Waals surface area contributed by atoms with Crippen molar-refractivity contribution >= 4 is 17.5 Å². The molecule has 3 aromatic carbocycles. The Labute approximate surface area is 213 Å². The Balaban J connectivity index is 1.64. The first-order chi connectivity index (χ1) is 17.9. The molecule has 0 spiro atoms. The molecule has 1 heterocycles. The first-order valence-corrected chi connectivity index (χ1v) is 11.7. The third-order valence-corrected chi connectivity index (χ3v) is 6.13. The predicted molar refractivity (Wildman–Crippen MR) is 134 cm³/mol. The Morgan fingerprint density at radius 2 is 1.65 bits per heavy atom. The first kappa shape index (κ1) is 26.0. The lowest BCUT2D eigenvalue weighted by Crippen LogP contribution is -2.42. The lowest BCUT2D eigenvalue weighted by molar-refractivity contribution is -0.133. The van der Waals surface area contributed by atoms with Crippen molar-refractivity contribution in [2.45, 2.75) is 12.5 Å². The van der Waals surface area contributed by atoms with Gasteiger partial charge in [-0.2, -0.15) is 5.10 Å². The van der Waals surface area contributed by atoms with Gasteiger partial charge in [0.05, 0.1) is 25.5 Å². The van der Waals surface area contributed by atoms with Crippen LogP contribution in [-0.4, -0.2) is 61.4 Å². The van der Waals surface area contributed by atoms with Gasteiger partial charge in [0, 0.05) is 36.8 Å². The highest BCUT2D eigenvalue weighted by Crippen LogP contribution is 2.34. The maximum atomic E-state index is 14.8. The number of hydrogen-bond acceptors (Lipinski definition) is 5. The molecule has 0 fully saturated rings. The highest BCUT2D eigenvalue weighted by atomic mass is 19.1. The van der Waals surface area contributed by atoms with Crippen molar-refractivity contribution in [3.63, 3.8) is 0 Å². The van der Waals surface area contributed by atoms with Gasteiger partial charge >= 0.3 is 0 Å². The molecular formula is C28H27F2N3O4. The number of amides is 2. The molecule has 0 saturated heterocycles. The molecular weight excluding hydrogens is 480 g/mol. The Morgan fingerprint density at radius 1 is 0.973 bits per heavy atom. The molecule has 0 bridgehead atoms. The van der Waals surface area contributed by atoms with E-state index in [1.807, 2.05) is 0 Å². The Morgan fingerprint density at radius 3 is 2.30 bits per heavy atom. The van der Waals surface area contributed by atoms with Gasteiger partial charge in [0.1, 0.15) is 23.9 Å². The Hall–Kier alpha value is -4.11. The van der Waals surface area contributed by atoms with E-state index in [1.54, 1.807) is 60.7 Å². The molecule has 0 N–H and O–H groups in total. The van der Waals surface area contributed by atoms with Crippen molar-refractivity contribution < 1.29 is 27.8 Å². The van der Waals surface area contributed by atoms with Gasteiger partial charge in [-0.3, -0.25) is 9.59 Å². The summed E-state index contributed by atoms with van der Waals surface area (Å²) in [4.78, 5) is 28.2. The van der Waals surface area contributed by atoms with Crippen LogP contribution in [0.15, 0.2) is 77.9 Å². The molecule has 0 saturated carbocycles. The summed E-state index contributed by atoms with van der Waals surface area (Å²) in [5.41, 5.74) is 1.19. The van der Waals surface area contributed by atoms with Crippen LogP contribution < -0.4 is 4.74 Å². The van der Waals surface area contributed by atoms with Gasteiger partial charge in [0.25, 0.3) is 11.8 Å². The standard InChI is InChI=1S/C28H27F2N3O4/c1-36-16-15-32(28(35)19-11-13-20(37-2)14-12-19)18-27(34)33-26(22-8-4-6-10-24(22)30)17-25(31-33)21-7-3-5-9-23(21)29/h3-14,26H,15-18H2,1-2H3/t26-/m0/s1. The normalized spacial score (nSPS) is 14.9. The average molecular weight is 508 g/mol. The van der Waals surface area contributed by atoms with Crippen molar-refractivity contribution in [2.75, 3.05) is 33.9 Å². The molecule has 37 heavy (non-hydrogen) atoms. The number of methoxy groups -OCH3 is 2. The topological polar surface area (TPSA) is 71.4 Å². The minimum absolute atomic E-state index is 0.123. The Kier molecular flexibility index (Phi) is 8.25. The van der Waals surface area contributed by atoms with Crippen LogP contribution in [0, 0.1) is 11.6 Å². The van der Waals surface area contributed by atoms with Crippen molar-refractivity contribution in [3.05, 3.63) is 101 Å². The molecule has 9 heteroatoms. The first-order valence-electron chi connectivity index (χ1n) is 11.7. The third-order valence-electron chi connectivity index (χ3n) is 6.13. The van der Waals surface area contributed by atoms with Gasteiger partial charge in [-0.1, -0.05) is 36.4 Å². The van der Waals surface area contributed by atoms with Gasteiger partial charge in [-0.15, -0.1) is 0 Å². The minimum atomic E-state index is -0.788. The monoisotopic (exact) mass is 507 g/mol. The summed E-state index contributed by atoms with van der Waals surface area (Å²) in [6.45, 7) is 0.0259. The zero-order valence-electron chi connectivity index (χ0n) is 20.6. The number of halogens is 2. The van der Waals surface area contributed by atoms with Crippen LogP contribution in [-0.2, 0) is 9.53 Å². The van der Waals surface area contributed by atoms with E-state index >= 15 is 0 Å². The number of carbonyl (C=O) groups is 2. The van der Waals surface area contributed by atoms with Crippen molar-refractivity contribution in [1.82, 2.24) is 9.91 Å². The fraction of sp³-hybridized carbons (Fsp3) is 0.250. The Bertz CT molecular complexity index is 1300. The van der Waals surface area contributed by atoms with E-state index in [0.29, 0.717) is 17.0 Å². The molecule has 0 aromatic heterocycles. The largest absolute Gasteiger partial charge is 0.497 e. The maximum absolute atomic E-state index is 14.8. The molecule has 7 nitrogen and oxygen atoms in total. The molecule has 0 unspecified atom stereocenters. The second-order valence-corrected chi connectivity index (χ2v) is 8.45. The quantitative estimate of drug-likeness (QED) is 0.429. The zero-order chi connectivity index (χ0) is 26.4. The van der Waals surface area contributed by atoms with E-state index in [2.05, 4.69) is 5.10 Å². The van der Waals surface area contributed by atoms with Crippen LogP contribution in [0.1, 0.15) is 33.9 Å². The van der Waals surface area contributed by atoms with E-state index in [9.17, 15) is 18.4 Å². The van der Waals surface area contributed by atoms with Crippen LogP contribution in [0.4, 0.5) is 8.78 Å². The molecule has 1 atom stereocenters. The highest BCUT2D eigenvalue weighted by molar-refractivity contribution is 6.04. The lowest BCUT2D eigenvalue weighted by atomic mass is 9.97. The van der Waals surface area contributed by atoms with Gasteiger partial charge in [0.15, 0.2) is 0 Å². The maximum Gasteiger partial charge on any atom is 0.262 e. The molecule has 0 radical (unpaired) electrons. The van der Waals surface area contributed by atoms with Crippen LogP contribution in [0.2, 0.25) is 0 Å². The fourth-order valence-electron chi connectivity index (χ4n) is 4.19. The van der Waals surface area contributed by atoms with Gasteiger partial charge in [-0.25, -0.2) is 13.8 Å². The number of carbonyl (C=O) groups excluding carboxylic acids is 2. The number of nitrogens with zero attached hydrogens (tertiary/aromatic N) is 3. The summed E-state index contributed by atoms with van der Waals surface area (Å²) in [6.07, 6.45) is 0.123. The summed E-state index contributed by atoms with van der Waals surface area (Å²) in [7, 11) is 3.02. The van der Waals surface area contributed by atoms with E-state index < -0.39 is 23.6 Å². The number of rotatable bonds is 9. The average Bonchev–Trinajstić information content (AvgIpc) is 3.36. The van der Waals surface area contributed by atoms with Crippen LogP contribution in [0.3, 0.4) is 0 Å². The van der Waals surface area contributed by atoms with Crippen LogP contribution in [0.25, 0.3) is 0 Å². The second-order valence-electron chi connectivity index (χ2n) is 8.45. The SMILES string of the molecule is COCCN(CC(=O)N1N=C(c2ccccc2F)C[C@H]1c1ccccc1F)C(=O)c1ccc(OC)cc1. The summed E-state index contributed by atoms with van der Waals surface area (Å²) in [6, 6.07) is 17.9. The molecule has 0 aliphatic carbocycles. The number of ether oxygens (including phenoxy) is 2. The molecule has 1 aliphatic rings. The number of hydrogen-bond donors (Lipinski definition) is 0. The zero-order valence-corrected chi connectivity index (χ0v) is 20.6. The van der Waals surface area contributed by atoms with Crippen molar-refractivity contribution in [1.29, 1.82) is 0 Å². The van der Waals surface area contributed by atoms with Gasteiger partial charge in [0.2, 0.25) is 0 Å². The van der Waals surface area contributed by atoms with Gasteiger partial charge < -0.3 is 14.4 Å². The second kappa shape index (κ2) is 11.7. The fourth-order valence-corrected chi connectivity index (χ4v) is 4.19. The molecule has 2 amide bonds. The molecule has 3 aromatic rings. The highest BCUT2D eigenvalue weighted by Gasteiger charge is 2.36. The minimum Gasteiger partial charge on any atom is -0.497 e. The predicted octanol–water partition coefficient (Wildman–Crippen LogP) is 4.44. The van der Waals surface area contributed by atoms with E-state index in [-0.39, 0.29) is 43.2 Å². The van der Waals surface area contributed by atoms with Crippen LogP contribution in [0.5, 0.6) is 5.75 Å². The van der Waals surface area contributed by atoms with Crippen molar-refractivity contribution in [2.24, 2.45) is 5.10 Å². The lowest BCUT2D eigenvalue weighted by Gasteiger charge is -2.27. The molecule has 192 valence electrons. The van der Waals surface area contributed by atoms with E-state index in [0.717, 1.165) is 5.01 Å². The summed E-state index contributed by atoms with van der Waals surface area (Å²) in [5.74, 6) is -1.30. The van der Waals surface area contributed by atoms with E-state index in [1.165, 1.54) is 31.3 Å². The summed E-state index contributed by atoms with van der Waals surface area (Å²) >= 11 is 0. The third kappa shape index (κ3) is 5.83. The van der Waals surface area contributed by atoms with Crippen LogP contribution >= 0.6 is 0 Å². The van der Waals surface area contributed by atoms with E-state index in [4.69, 9.17) is 9.47 Å². The smallest absolute Gasteiger partial charge is 0.262 e. The number of hydrazone groups is 1. The summed E-state index contributed by atoms with van der Waals surface area (Å²) in [5, 5.41) is 5.57. The molecule has 1 aliphatic heterocycles. The molecule has 4 rings (SSSR count). The number of benzene rings is 3. The van der Waals surface area contributed by atoms with Crippen molar-refractivity contribution in [3.8, 4) is 5.75 Å². The van der Waals surface area contributed by atoms with Gasteiger partial charge in [-0.05, 0) is 36.4 Å². The summed E-state index contributed by atoms with van der Waals surface area (Å²) < 4.78 is 39.6.